The van der Waals surface area contributed by atoms with Gasteiger partial charge in [-0.1, -0.05) is 18.2 Å². The Hall–Kier alpha value is -2.69. The molecule has 1 amide bonds. The van der Waals surface area contributed by atoms with Crippen molar-refractivity contribution in [2.24, 2.45) is 0 Å². The summed E-state index contributed by atoms with van der Waals surface area (Å²) in [6, 6.07) is 11.1. The predicted octanol–water partition coefficient (Wildman–Crippen LogP) is 2.60. The first-order valence-corrected chi connectivity index (χ1v) is 7.52. The maximum absolute atomic E-state index is 13.0. The van der Waals surface area contributed by atoms with Crippen LogP contribution in [0.25, 0.3) is 6.08 Å². The van der Waals surface area contributed by atoms with E-state index >= 15 is 0 Å². The zero-order valence-corrected chi connectivity index (χ0v) is 12.7. The van der Waals surface area contributed by atoms with Gasteiger partial charge in [-0.15, -0.1) is 0 Å². The normalized spacial score (nSPS) is 10.8. The second kappa shape index (κ2) is 8.68. The van der Waals surface area contributed by atoms with Crippen LogP contribution in [0.1, 0.15) is 18.4 Å². The molecule has 0 unspecified atom stereocenters. The van der Waals surface area contributed by atoms with Crippen LogP contribution >= 0.6 is 0 Å². The van der Waals surface area contributed by atoms with Gasteiger partial charge in [-0.2, -0.15) is 0 Å². The van der Waals surface area contributed by atoms with E-state index in [1.54, 1.807) is 35.0 Å². The van der Waals surface area contributed by atoms with E-state index in [0.29, 0.717) is 18.7 Å². The number of aromatic nitrogens is 1. The molecule has 1 heterocycles. The van der Waals surface area contributed by atoms with Crippen molar-refractivity contribution in [3.8, 4) is 0 Å². The van der Waals surface area contributed by atoms with Gasteiger partial charge in [-0.05, 0) is 42.7 Å². The molecule has 1 aromatic carbocycles. The van der Waals surface area contributed by atoms with Gasteiger partial charge in [0.2, 0.25) is 11.5 Å². The zero-order valence-electron chi connectivity index (χ0n) is 12.7. The van der Waals surface area contributed by atoms with Crippen molar-refractivity contribution in [1.82, 2.24) is 9.88 Å². The fraction of sp³-hybridized carbons (Fsp3) is 0.222. The van der Waals surface area contributed by atoms with Crippen LogP contribution < -0.4 is 10.9 Å². The number of carbonyl (C=O) groups is 1. The number of aryl methyl sites for hydroxylation is 1. The molecule has 1 aromatic heterocycles. The van der Waals surface area contributed by atoms with E-state index in [1.807, 2.05) is 6.07 Å². The standard InChI is InChI=1S/C18H19FN2O2/c19-16-7-5-6-15(14-16)9-10-17(22)20-11-2-4-13-21-12-3-1-8-18(21)23/h1,3,5-10,12,14H,2,4,11,13H2,(H,20,22). The number of benzene rings is 1. The van der Waals surface area contributed by atoms with Crippen molar-refractivity contribution in [3.05, 3.63) is 76.5 Å². The number of carbonyl (C=O) groups excluding carboxylic acids is 1. The highest BCUT2D eigenvalue weighted by Crippen LogP contribution is 2.05. The number of unbranched alkanes of at least 4 members (excludes halogenated alkanes) is 1. The van der Waals surface area contributed by atoms with E-state index in [-0.39, 0.29) is 17.3 Å². The first-order chi connectivity index (χ1) is 11.1. The smallest absolute Gasteiger partial charge is 0.250 e. The quantitative estimate of drug-likeness (QED) is 0.631. The highest BCUT2D eigenvalue weighted by molar-refractivity contribution is 5.91. The molecule has 0 bridgehead atoms. The number of nitrogens with one attached hydrogen (secondary N) is 1. The Labute approximate surface area is 134 Å². The van der Waals surface area contributed by atoms with Crippen LogP contribution in [0.2, 0.25) is 0 Å². The Kier molecular flexibility index (Phi) is 6.29. The molecule has 120 valence electrons. The molecule has 0 aliphatic rings. The molecule has 5 heteroatoms. The number of rotatable bonds is 7. The van der Waals surface area contributed by atoms with Crippen molar-refractivity contribution < 1.29 is 9.18 Å². The van der Waals surface area contributed by atoms with Crippen LogP contribution in [0.4, 0.5) is 4.39 Å². The number of hydrogen-bond acceptors (Lipinski definition) is 2. The Morgan fingerprint density at radius 1 is 1.17 bits per heavy atom. The molecule has 0 aliphatic heterocycles. The van der Waals surface area contributed by atoms with Gasteiger partial charge in [-0.3, -0.25) is 9.59 Å². The summed E-state index contributed by atoms with van der Waals surface area (Å²) in [7, 11) is 0. The van der Waals surface area contributed by atoms with Gasteiger partial charge in [0.1, 0.15) is 5.82 Å². The first-order valence-electron chi connectivity index (χ1n) is 7.52. The van der Waals surface area contributed by atoms with Crippen molar-refractivity contribution in [3.63, 3.8) is 0 Å². The van der Waals surface area contributed by atoms with Crippen LogP contribution in [-0.2, 0) is 11.3 Å². The monoisotopic (exact) mass is 314 g/mol. The molecule has 0 spiro atoms. The molecule has 2 rings (SSSR count). The van der Waals surface area contributed by atoms with E-state index in [9.17, 15) is 14.0 Å². The number of hydrogen-bond donors (Lipinski definition) is 1. The maximum atomic E-state index is 13.0. The molecule has 2 aromatic rings. The van der Waals surface area contributed by atoms with E-state index in [0.717, 1.165) is 12.8 Å². The minimum Gasteiger partial charge on any atom is -0.353 e. The molecule has 0 fully saturated rings. The molecular weight excluding hydrogens is 295 g/mol. The lowest BCUT2D eigenvalue weighted by Gasteiger charge is -2.05. The van der Waals surface area contributed by atoms with Crippen molar-refractivity contribution in [2.75, 3.05) is 6.54 Å². The summed E-state index contributed by atoms with van der Waals surface area (Å²) in [5.41, 5.74) is 0.623. The van der Waals surface area contributed by atoms with Gasteiger partial charge < -0.3 is 9.88 Å². The lowest BCUT2D eigenvalue weighted by Crippen LogP contribution is -2.23. The maximum Gasteiger partial charge on any atom is 0.250 e. The molecule has 0 saturated carbocycles. The third-order valence-corrected chi connectivity index (χ3v) is 3.30. The van der Waals surface area contributed by atoms with Gasteiger partial charge in [0.05, 0.1) is 0 Å². The molecule has 4 nitrogen and oxygen atoms in total. The lowest BCUT2D eigenvalue weighted by atomic mass is 10.2. The minimum absolute atomic E-state index is 0.0189. The van der Waals surface area contributed by atoms with E-state index in [1.165, 1.54) is 24.3 Å². The van der Waals surface area contributed by atoms with Gasteiger partial charge >= 0.3 is 0 Å². The van der Waals surface area contributed by atoms with Crippen LogP contribution in [-0.4, -0.2) is 17.0 Å². The Balaban J connectivity index is 1.67. The molecule has 0 saturated heterocycles. The van der Waals surface area contributed by atoms with Gasteiger partial charge in [0.25, 0.3) is 0 Å². The largest absolute Gasteiger partial charge is 0.353 e. The van der Waals surface area contributed by atoms with Crippen LogP contribution in [0.15, 0.2) is 59.5 Å². The molecule has 0 aliphatic carbocycles. The second-order valence-electron chi connectivity index (χ2n) is 5.12. The summed E-state index contributed by atoms with van der Waals surface area (Å²) in [6.07, 6.45) is 6.29. The number of halogens is 1. The summed E-state index contributed by atoms with van der Waals surface area (Å²) in [5.74, 6) is -0.546. The summed E-state index contributed by atoms with van der Waals surface area (Å²) in [4.78, 5) is 23.1. The highest BCUT2D eigenvalue weighted by atomic mass is 19.1. The molecular formula is C18H19FN2O2. The Morgan fingerprint density at radius 3 is 2.83 bits per heavy atom. The van der Waals surface area contributed by atoms with Gasteiger partial charge in [-0.25, -0.2) is 4.39 Å². The summed E-state index contributed by atoms with van der Waals surface area (Å²) < 4.78 is 14.6. The second-order valence-corrected chi connectivity index (χ2v) is 5.12. The molecule has 0 atom stereocenters. The van der Waals surface area contributed by atoms with E-state index in [4.69, 9.17) is 0 Å². The van der Waals surface area contributed by atoms with Crippen LogP contribution in [0.5, 0.6) is 0 Å². The lowest BCUT2D eigenvalue weighted by molar-refractivity contribution is -0.116. The zero-order chi connectivity index (χ0) is 16.5. The Morgan fingerprint density at radius 2 is 2.04 bits per heavy atom. The summed E-state index contributed by atoms with van der Waals surface area (Å²) >= 11 is 0. The van der Waals surface area contributed by atoms with Crippen LogP contribution in [0.3, 0.4) is 0 Å². The molecule has 0 radical (unpaired) electrons. The SMILES string of the molecule is O=C(C=Cc1cccc(F)c1)NCCCCn1ccccc1=O. The summed E-state index contributed by atoms with van der Waals surface area (Å²) in [6.45, 7) is 1.17. The summed E-state index contributed by atoms with van der Waals surface area (Å²) in [5, 5.41) is 2.76. The van der Waals surface area contributed by atoms with Crippen molar-refractivity contribution in [2.45, 2.75) is 19.4 Å². The van der Waals surface area contributed by atoms with E-state index < -0.39 is 0 Å². The number of amides is 1. The van der Waals surface area contributed by atoms with Gasteiger partial charge in [0.15, 0.2) is 0 Å². The van der Waals surface area contributed by atoms with E-state index in [2.05, 4.69) is 5.32 Å². The average molecular weight is 314 g/mol. The predicted molar refractivity (Wildman–Crippen MR) is 88.4 cm³/mol. The fourth-order valence-electron chi connectivity index (χ4n) is 2.11. The Bertz CT molecular complexity index is 738. The molecule has 1 N–H and O–H groups in total. The third-order valence-electron chi connectivity index (χ3n) is 3.30. The molecule has 23 heavy (non-hydrogen) atoms. The minimum atomic E-state index is -0.330. The number of nitrogens with zero attached hydrogens (tertiary/aromatic N) is 1. The van der Waals surface area contributed by atoms with Crippen molar-refractivity contribution >= 4 is 12.0 Å². The number of pyridine rings is 1. The van der Waals surface area contributed by atoms with Crippen LogP contribution in [0, 0.1) is 5.82 Å². The average Bonchev–Trinajstić information content (AvgIpc) is 2.54. The van der Waals surface area contributed by atoms with Gasteiger partial charge in [0, 0.05) is 31.4 Å². The fourth-order valence-corrected chi connectivity index (χ4v) is 2.11. The van der Waals surface area contributed by atoms with Crippen molar-refractivity contribution in [1.29, 1.82) is 0 Å². The topological polar surface area (TPSA) is 51.1 Å². The highest BCUT2D eigenvalue weighted by Gasteiger charge is 1.97. The third kappa shape index (κ3) is 5.90. The first kappa shape index (κ1) is 16.7.